The fraction of sp³-hybridized carbons (Fsp3) is 0.143. The summed E-state index contributed by atoms with van der Waals surface area (Å²) in [5.41, 5.74) is 9.49. The molecule has 1 unspecified atom stereocenters. The molecule has 2 N–H and O–H groups in total. The van der Waals surface area contributed by atoms with Gasteiger partial charge in [-0.1, -0.05) is 54.6 Å². The van der Waals surface area contributed by atoms with Gasteiger partial charge in [0.25, 0.3) is 0 Å². The van der Waals surface area contributed by atoms with Crippen molar-refractivity contribution >= 4 is 12.6 Å². The molecule has 0 spiro atoms. The van der Waals surface area contributed by atoms with Crippen molar-refractivity contribution in [3.05, 3.63) is 60.2 Å². The molecule has 0 saturated heterocycles. The van der Waals surface area contributed by atoms with Gasteiger partial charge in [-0.25, -0.2) is 0 Å². The standard InChI is InChI=1S/C14H15NS/c15-14(10-16)13-8-6-12(7-9-13)11-4-2-1-3-5-11/h1-9,14,16H,10,15H2. The van der Waals surface area contributed by atoms with Gasteiger partial charge in [0.2, 0.25) is 0 Å². The van der Waals surface area contributed by atoms with Crippen LogP contribution in [0.5, 0.6) is 0 Å². The van der Waals surface area contributed by atoms with E-state index in [-0.39, 0.29) is 6.04 Å². The molecule has 0 heterocycles. The monoisotopic (exact) mass is 229 g/mol. The second kappa shape index (κ2) is 5.19. The lowest BCUT2D eigenvalue weighted by molar-refractivity contribution is 0.834. The average Bonchev–Trinajstić information content (AvgIpc) is 2.39. The van der Waals surface area contributed by atoms with Gasteiger partial charge in [0, 0.05) is 11.8 Å². The van der Waals surface area contributed by atoms with E-state index in [1.165, 1.54) is 11.1 Å². The molecule has 0 fully saturated rings. The summed E-state index contributed by atoms with van der Waals surface area (Å²) in [7, 11) is 0. The number of benzene rings is 2. The number of nitrogens with two attached hydrogens (primary N) is 1. The highest BCUT2D eigenvalue weighted by Gasteiger charge is 2.03. The maximum absolute atomic E-state index is 5.91. The largest absolute Gasteiger partial charge is 0.323 e. The fourth-order valence-electron chi connectivity index (χ4n) is 1.66. The lowest BCUT2D eigenvalue weighted by Gasteiger charge is -2.09. The number of hydrogen-bond donors (Lipinski definition) is 2. The van der Waals surface area contributed by atoms with E-state index in [0.717, 1.165) is 5.56 Å². The lowest BCUT2D eigenvalue weighted by atomic mass is 10.0. The van der Waals surface area contributed by atoms with Crippen molar-refractivity contribution in [3.63, 3.8) is 0 Å². The first-order chi connectivity index (χ1) is 7.81. The Balaban J connectivity index is 2.26. The highest BCUT2D eigenvalue weighted by molar-refractivity contribution is 7.80. The van der Waals surface area contributed by atoms with Crippen LogP contribution in [0.4, 0.5) is 0 Å². The molecular weight excluding hydrogens is 214 g/mol. The third-order valence-electron chi connectivity index (χ3n) is 2.64. The van der Waals surface area contributed by atoms with E-state index in [9.17, 15) is 0 Å². The van der Waals surface area contributed by atoms with E-state index < -0.39 is 0 Å². The summed E-state index contributed by atoms with van der Waals surface area (Å²) in [6.07, 6.45) is 0. The molecule has 1 atom stereocenters. The van der Waals surface area contributed by atoms with Crippen LogP contribution >= 0.6 is 12.6 Å². The number of rotatable bonds is 3. The van der Waals surface area contributed by atoms with E-state index in [1.54, 1.807) is 0 Å². The third-order valence-corrected chi connectivity index (χ3v) is 3.04. The third kappa shape index (κ3) is 2.46. The van der Waals surface area contributed by atoms with Gasteiger partial charge >= 0.3 is 0 Å². The Hall–Kier alpha value is -1.25. The van der Waals surface area contributed by atoms with E-state index in [1.807, 2.05) is 18.2 Å². The Kier molecular flexibility index (Phi) is 3.65. The fourth-order valence-corrected chi connectivity index (χ4v) is 1.87. The molecule has 16 heavy (non-hydrogen) atoms. The minimum atomic E-state index is 0.0214. The summed E-state index contributed by atoms with van der Waals surface area (Å²) in [4.78, 5) is 0. The molecule has 2 rings (SSSR count). The van der Waals surface area contributed by atoms with Crippen LogP contribution in [-0.2, 0) is 0 Å². The summed E-state index contributed by atoms with van der Waals surface area (Å²) in [5, 5.41) is 0. The highest BCUT2D eigenvalue weighted by Crippen LogP contribution is 2.21. The van der Waals surface area contributed by atoms with Gasteiger partial charge in [0.15, 0.2) is 0 Å². The summed E-state index contributed by atoms with van der Waals surface area (Å²) < 4.78 is 0. The lowest BCUT2D eigenvalue weighted by Crippen LogP contribution is -2.11. The second-order valence-corrected chi connectivity index (χ2v) is 4.14. The number of hydrogen-bond acceptors (Lipinski definition) is 2. The summed E-state index contributed by atoms with van der Waals surface area (Å²) in [5.74, 6) is 0.671. The van der Waals surface area contributed by atoms with E-state index in [4.69, 9.17) is 5.73 Å². The van der Waals surface area contributed by atoms with Gasteiger partial charge in [-0.3, -0.25) is 0 Å². The van der Waals surface area contributed by atoms with Gasteiger partial charge < -0.3 is 5.73 Å². The van der Waals surface area contributed by atoms with Crippen LogP contribution in [0, 0.1) is 0 Å². The molecular formula is C14H15NS. The van der Waals surface area contributed by atoms with Crippen LogP contribution in [0.15, 0.2) is 54.6 Å². The second-order valence-electron chi connectivity index (χ2n) is 3.78. The molecule has 0 radical (unpaired) electrons. The highest BCUT2D eigenvalue weighted by atomic mass is 32.1. The zero-order valence-electron chi connectivity index (χ0n) is 9.01. The van der Waals surface area contributed by atoms with Crippen molar-refractivity contribution in [3.8, 4) is 11.1 Å². The molecule has 2 aromatic carbocycles. The molecule has 0 aliphatic rings. The Labute approximate surface area is 102 Å². The van der Waals surface area contributed by atoms with E-state index in [2.05, 4.69) is 49.0 Å². The van der Waals surface area contributed by atoms with Crippen molar-refractivity contribution in [2.24, 2.45) is 5.73 Å². The van der Waals surface area contributed by atoms with Crippen molar-refractivity contribution < 1.29 is 0 Å². The van der Waals surface area contributed by atoms with Crippen molar-refractivity contribution in [2.45, 2.75) is 6.04 Å². The van der Waals surface area contributed by atoms with Gasteiger partial charge in [0.1, 0.15) is 0 Å². The quantitative estimate of drug-likeness (QED) is 0.776. The van der Waals surface area contributed by atoms with Crippen molar-refractivity contribution in [2.75, 3.05) is 5.75 Å². The first-order valence-electron chi connectivity index (χ1n) is 5.33. The van der Waals surface area contributed by atoms with Crippen LogP contribution in [0.3, 0.4) is 0 Å². The van der Waals surface area contributed by atoms with Crippen LogP contribution in [0.25, 0.3) is 11.1 Å². The number of thiol groups is 1. The van der Waals surface area contributed by atoms with Crippen LogP contribution in [0.2, 0.25) is 0 Å². The topological polar surface area (TPSA) is 26.0 Å². The molecule has 0 aliphatic carbocycles. The predicted molar refractivity (Wildman–Crippen MR) is 72.7 cm³/mol. The first-order valence-corrected chi connectivity index (χ1v) is 5.96. The summed E-state index contributed by atoms with van der Waals surface area (Å²) in [6.45, 7) is 0. The van der Waals surface area contributed by atoms with Crippen molar-refractivity contribution in [1.82, 2.24) is 0 Å². The maximum atomic E-state index is 5.91. The Morgan fingerprint density at radius 2 is 1.44 bits per heavy atom. The summed E-state index contributed by atoms with van der Waals surface area (Å²) >= 11 is 4.20. The zero-order chi connectivity index (χ0) is 11.4. The molecule has 0 bridgehead atoms. The normalized spacial score (nSPS) is 12.4. The van der Waals surface area contributed by atoms with Crippen LogP contribution in [0.1, 0.15) is 11.6 Å². The van der Waals surface area contributed by atoms with Gasteiger partial charge in [-0.05, 0) is 16.7 Å². The molecule has 0 aliphatic heterocycles. The molecule has 82 valence electrons. The SMILES string of the molecule is NC(CS)c1ccc(-c2ccccc2)cc1. The van der Waals surface area contributed by atoms with Crippen LogP contribution < -0.4 is 5.73 Å². The average molecular weight is 229 g/mol. The molecule has 2 heteroatoms. The molecule has 2 aromatic rings. The Morgan fingerprint density at radius 3 is 2.00 bits per heavy atom. The predicted octanol–water partition coefficient (Wildman–Crippen LogP) is 3.28. The smallest absolute Gasteiger partial charge is 0.0384 e. The Morgan fingerprint density at radius 1 is 0.875 bits per heavy atom. The Bertz CT molecular complexity index is 436. The summed E-state index contributed by atoms with van der Waals surface area (Å²) in [6, 6.07) is 18.7. The molecule has 0 saturated carbocycles. The van der Waals surface area contributed by atoms with Gasteiger partial charge in [-0.2, -0.15) is 12.6 Å². The maximum Gasteiger partial charge on any atom is 0.0384 e. The van der Waals surface area contributed by atoms with E-state index >= 15 is 0 Å². The van der Waals surface area contributed by atoms with E-state index in [0.29, 0.717) is 5.75 Å². The van der Waals surface area contributed by atoms with Crippen LogP contribution in [-0.4, -0.2) is 5.75 Å². The molecule has 1 nitrogen and oxygen atoms in total. The zero-order valence-corrected chi connectivity index (χ0v) is 9.90. The van der Waals surface area contributed by atoms with Gasteiger partial charge in [-0.15, -0.1) is 0 Å². The first kappa shape index (κ1) is 11.2. The molecule has 0 aromatic heterocycles. The van der Waals surface area contributed by atoms with Gasteiger partial charge in [0.05, 0.1) is 0 Å². The minimum absolute atomic E-state index is 0.0214. The molecule has 0 amide bonds. The minimum Gasteiger partial charge on any atom is -0.323 e. The van der Waals surface area contributed by atoms with Crippen molar-refractivity contribution in [1.29, 1.82) is 0 Å².